The average Bonchev–Trinajstić information content (AvgIpc) is 2.33. The van der Waals surface area contributed by atoms with Crippen LogP contribution in [0.5, 0.6) is 23.0 Å². The summed E-state index contributed by atoms with van der Waals surface area (Å²) in [5.74, 6) is -6.69. The summed E-state index contributed by atoms with van der Waals surface area (Å²) < 4.78 is 88.0. The van der Waals surface area contributed by atoms with Crippen LogP contribution in [0.1, 0.15) is 24.2 Å². The van der Waals surface area contributed by atoms with Gasteiger partial charge in [0.05, 0.1) is 18.0 Å². The summed E-state index contributed by atoms with van der Waals surface area (Å²) in [5, 5.41) is 21.1. The fraction of sp³-hybridized carbons (Fsp3) is 0.190. The number of hydrogen-bond acceptors (Lipinski definition) is 13. The van der Waals surface area contributed by atoms with Gasteiger partial charge in [0.25, 0.3) is 17.7 Å². The molecule has 0 aliphatic rings. The first-order valence-corrected chi connectivity index (χ1v) is 29.8. The van der Waals surface area contributed by atoms with E-state index in [4.69, 9.17) is 43.1 Å². The molecule has 8 aromatic carbocycles. The first kappa shape index (κ1) is 70.1. The highest BCUT2D eigenvalue weighted by Gasteiger charge is 2.25. The molecule has 87 heavy (non-hydrogen) atoms. The minimum atomic E-state index is -2.14. The Morgan fingerprint density at radius 3 is 1.60 bits per heavy atom. The third-order valence-electron chi connectivity index (χ3n) is 12.1. The van der Waals surface area contributed by atoms with Crippen LogP contribution in [0.3, 0.4) is 0 Å². The molecule has 8 aromatic rings. The first-order valence-electron chi connectivity index (χ1n) is 26.4. The Kier molecular flexibility index (Phi) is 28.4. The van der Waals surface area contributed by atoms with Crippen molar-refractivity contribution in [1.82, 2.24) is 28.8 Å². The van der Waals surface area contributed by atoms with Gasteiger partial charge in [0, 0.05) is 78.4 Å². The lowest BCUT2D eigenvalue weighted by Gasteiger charge is -2.24. The number of likely N-dealkylation sites (N-methyl/N-ethyl adjacent to an activating group) is 2. The second-order valence-corrected chi connectivity index (χ2v) is 23.2. The molecule has 4 N–H and O–H groups in total. The summed E-state index contributed by atoms with van der Waals surface area (Å²) in [5.41, 5.74) is 6.63. The van der Waals surface area contributed by atoms with Crippen LogP contribution in [0.25, 0.3) is 21.9 Å². The molecule has 458 valence electrons. The first-order chi connectivity index (χ1) is 41.8. The minimum Gasteiger partial charge on any atom is -0.451 e. The molecule has 0 saturated carbocycles. The molecule has 0 aliphatic heterocycles. The van der Waals surface area contributed by atoms with E-state index in [2.05, 4.69) is 37.1 Å². The van der Waals surface area contributed by atoms with Crippen molar-refractivity contribution >= 4 is 92.3 Å². The Balaban J connectivity index is 0.000000300. The molecule has 1 atom stereocenters. The molecule has 0 spiro atoms. The molecule has 0 radical (unpaired) electrons. The number of carbonyl (C=O) groups is 3. The second-order valence-electron chi connectivity index (χ2n) is 18.4. The molecular weight excluding hydrogens is 1230 g/mol. The van der Waals surface area contributed by atoms with Crippen molar-refractivity contribution in [1.29, 1.82) is 0 Å². The molecule has 0 saturated heterocycles. The zero-order chi connectivity index (χ0) is 63.7. The van der Waals surface area contributed by atoms with Crippen LogP contribution in [0.2, 0.25) is 10.0 Å². The lowest BCUT2D eigenvalue weighted by Crippen LogP contribution is -2.40. The van der Waals surface area contributed by atoms with E-state index in [1.807, 2.05) is 98.8 Å². The van der Waals surface area contributed by atoms with Crippen LogP contribution in [-0.4, -0.2) is 118 Å². The number of nitrogens with one attached hydrogen (secondary N) is 2. The van der Waals surface area contributed by atoms with Gasteiger partial charge in [-0.1, -0.05) is 91.6 Å². The van der Waals surface area contributed by atoms with Crippen molar-refractivity contribution < 1.29 is 56.0 Å². The van der Waals surface area contributed by atoms with Crippen molar-refractivity contribution in [3.8, 4) is 47.0 Å². The Morgan fingerprint density at radius 2 is 1.07 bits per heavy atom. The molecule has 0 fully saturated rings. The number of hydrogen-bond donors (Lipinski definition) is 4. The van der Waals surface area contributed by atoms with Gasteiger partial charge in [0.2, 0.25) is 0 Å². The van der Waals surface area contributed by atoms with E-state index >= 15 is 0 Å². The normalized spacial score (nSPS) is 11.1. The van der Waals surface area contributed by atoms with Crippen LogP contribution in [-0.2, 0) is 20.6 Å². The van der Waals surface area contributed by atoms with Crippen molar-refractivity contribution in [2.45, 2.75) is 28.5 Å². The van der Waals surface area contributed by atoms with Crippen molar-refractivity contribution in [2.24, 2.45) is 0 Å². The molecule has 0 aliphatic carbocycles. The maximum absolute atomic E-state index is 14.9. The molecule has 15 nitrogen and oxygen atoms in total. The van der Waals surface area contributed by atoms with Gasteiger partial charge < -0.3 is 19.3 Å². The van der Waals surface area contributed by atoms with E-state index in [1.165, 1.54) is 79.5 Å². The molecule has 3 amide bonds. The fourth-order valence-corrected chi connectivity index (χ4v) is 11.0. The average molecular weight is 1290 g/mol. The lowest BCUT2D eigenvalue weighted by atomic mass is 10.0. The molecular formula is C63H63Cl2F4N7O8S3. The molecule has 1 unspecified atom stereocenters. The lowest BCUT2D eigenvalue weighted by molar-refractivity contribution is -0.129. The zero-order valence-electron chi connectivity index (χ0n) is 48.1. The zero-order valence-corrected chi connectivity index (χ0v) is 52.0. The highest BCUT2D eigenvalue weighted by Crippen LogP contribution is 2.35. The summed E-state index contributed by atoms with van der Waals surface area (Å²) >= 11 is 14.0. The number of halogens is 6. The molecule has 8 rings (SSSR count). The van der Waals surface area contributed by atoms with E-state index in [0.29, 0.717) is 22.2 Å². The van der Waals surface area contributed by atoms with Gasteiger partial charge in [-0.15, -0.1) is 12.8 Å². The number of amides is 3. The summed E-state index contributed by atoms with van der Waals surface area (Å²) in [4.78, 5) is 41.3. The highest BCUT2D eigenvalue weighted by atomic mass is 35.5. The third kappa shape index (κ3) is 21.3. The summed E-state index contributed by atoms with van der Waals surface area (Å²) in [6, 6.07) is 45.2. The second kappa shape index (κ2) is 35.2. The van der Waals surface area contributed by atoms with Gasteiger partial charge >= 0.3 is 0 Å². The van der Waals surface area contributed by atoms with Gasteiger partial charge in [0.1, 0.15) is 22.5 Å². The van der Waals surface area contributed by atoms with Gasteiger partial charge in [-0.3, -0.25) is 24.8 Å². The molecule has 0 heterocycles. The standard InChI is InChI=1S/C30H26ClF2N3O4S.C29H29ClF2N4O4S2.C2H6.C2H2/c1-35(30(38)22-9-7-21(8-10-22)20-5-3-2-4-6-20)15-16-36(19-28(37)34-39)41-25-17-26(32)29(27(33)18-25)40-24-13-11-23(31)12-14-24;1-34(2)22-8-4-19-5-11-24(15-20(19)14-22)41-35(3)12-13-36(18-28(37)33-38)42(39)25-16-26(31)29(27(32)17-25)40-23-9-6-21(30)7-10-23;2*1-2/h2-14,17-18,39H,15-16,19H2,1H3,(H,34,37);4-11,14-17,38H,12-13,18H2,1-3H3,(H,33,37);1-2H3;1-2H. The van der Waals surface area contributed by atoms with Gasteiger partial charge in [-0.2, -0.15) is 0 Å². The molecule has 0 bridgehead atoms. The van der Waals surface area contributed by atoms with Gasteiger partial charge in [-0.25, -0.2) is 45.6 Å². The van der Waals surface area contributed by atoms with Crippen molar-refractivity contribution in [3.05, 3.63) is 203 Å². The number of ether oxygens (including phenoxy) is 2. The van der Waals surface area contributed by atoms with Crippen molar-refractivity contribution in [3.63, 3.8) is 0 Å². The summed E-state index contributed by atoms with van der Waals surface area (Å²) in [6.07, 6.45) is 8.00. The maximum Gasteiger partial charge on any atom is 0.258 e. The van der Waals surface area contributed by atoms with Gasteiger partial charge in [-0.05, 0) is 162 Å². The largest absolute Gasteiger partial charge is 0.451 e. The van der Waals surface area contributed by atoms with E-state index in [9.17, 15) is 36.2 Å². The monoisotopic (exact) mass is 1290 g/mol. The quantitative estimate of drug-likeness (QED) is 0.0157. The number of rotatable bonds is 23. The number of carbonyl (C=O) groups excluding carboxylic acids is 3. The molecule has 24 heteroatoms. The predicted molar refractivity (Wildman–Crippen MR) is 338 cm³/mol. The number of terminal acetylenes is 1. The minimum absolute atomic E-state index is 0.0775. The number of benzene rings is 8. The molecule has 0 aromatic heterocycles. The number of hydroxylamine groups is 2. The van der Waals surface area contributed by atoms with Crippen LogP contribution >= 0.6 is 47.1 Å². The Morgan fingerprint density at radius 1 is 0.563 bits per heavy atom. The topological polar surface area (TPSA) is 167 Å². The maximum atomic E-state index is 14.9. The Labute approximate surface area is 524 Å². The predicted octanol–water partition coefficient (Wildman–Crippen LogP) is 14.0. The Bertz CT molecular complexity index is 3560. The van der Waals surface area contributed by atoms with Crippen molar-refractivity contribution in [2.75, 3.05) is 72.4 Å². The SMILES string of the molecule is C#C.CC.CN(CCN(CC(=O)NO)S(=O)c1cc(F)c(Oc2ccc(Cl)cc2)c(F)c1)Sc1ccc2ccc(N(C)C)cc2c1.CN(CCN(CC(=O)NO)Sc1cc(F)c(Oc2ccc(Cl)cc2)c(F)c1)C(=O)c1ccc(-c2ccccc2)cc1. The summed E-state index contributed by atoms with van der Waals surface area (Å²) in [7, 11) is 5.26. The highest BCUT2D eigenvalue weighted by molar-refractivity contribution is 7.97. The smallest absolute Gasteiger partial charge is 0.258 e. The van der Waals surface area contributed by atoms with E-state index in [-0.39, 0.29) is 53.4 Å². The van der Waals surface area contributed by atoms with Crippen LogP contribution in [0.4, 0.5) is 23.2 Å². The number of anilines is 1. The van der Waals surface area contributed by atoms with Gasteiger partial charge in [0.15, 0.2) is 34.8 Å². The van der Waals surface area contributed by atoms with Crippen LogP contribution < -0.4 is 25.3 Å². The van der Waals surface area contributed by atoms with E-state index < -0.39 is 64.1 Å². The third-order valence-corrected chi connectivity index (χ3v) is 16.0. The fourth-order valence-electron chi connectivity index (χ4n) is 7.77. The van der Waals surface area contributed by atoms with E-state index in [0.717, 1.165) is 68.7 Å². The summed E-state index contributed by atoms with van der Waals surface area (Å²) in [6.45, 7) is 3.96. The number of fused-ring (bicyclic) bond motifs is 1. The van der Waals surface area contributed by atoms with Crippen LogP contribution in [0.15, 0.2) is 178 Å². The number of nitrogens with zero attached hydrogens (tertiary/aromatic N) is 5. The Hall–Kier alpha value is -7.66. The van der Waals surface area contributed by atoms with Crippen LogP contribution in [0, 0.1) is 36.1 Å². The van der Waals surface area contributed by atoms with E-state index in [1.54, 1.807) is 24.7 Å².